The van der Waals surface area contributed by atoms with Crippen molar-refractivity contribution in [2.45, 2.75) is 32.7 Å². The van der Waals surface area contributed by atoms with Gasteiger partial charge in [-0.25, -0.2) is 0 Å². The van der Waals surface area contributed by atoms with Crippen molar-refractivity contribution >= 4 is 40.8 Å². The normalized spacial score (nSPS) is 16.6. The van der Waals surface area contributed by atoms with Crippen LogP contribution in [0.15, 0.2) is 35.5 Å². The van der Waals surface area contributed by atoms with Crippen LogP contribution in [0, 0.1) is 5.92 Å². The number of H-pyrrole nitrogens is 1. The summed E-state index contributed by atoms with van der Waals surface area (Å²) < 4.78 is 5.52. The lowest BCUT2D eigenvalue weighted by Crippen LogP contribution is -2.51. The van der Waals surface area contributed by atoms with Gasteiger partial charge >= 0.3 is 0 Å². The Morgan fingerprint density at radius 2 is 1.97 bits per heavy atom. The number of aromatic amines is 1. The molecule has 1 aliphatic rings. The smallest absolute Gasteiger partial charge is 0.191 e. The van der Waals surface area contributed by atoms with Gasteiger partial charge in [-0.05, 0) is 30.4 Å². The Kier molecular flexibility index (Phi) is 10.2. The van der Waals surface area contributed by atoms with Crippen molar-refractivity contribution in [1.82, 2.24) is 20.5 Å². The molecule has 2 heterocycles. The van der Waals surface area contributed by atoms with Gasteiger partial charge in [0.1, 0.15) is 0 Å². The van der Waals surface area contributed by atoms with Gasteiger partial charge in [-0.3, -0.25) is 9.89 Å². The molecule has 0 radical (unpaired) electrons. The Morgan fingerprint density at radius 3 is 2.69 bits per heavy atom. The van der Waals surface area contributed by atoms with Crippen LogP contribution in [-0.4, -0.2) is 68.3 Å². The summed E-state index contributed by atoms with van der Waals surface area (Å²) in [5.41, 5.74) is 2.53. The Bertz CT molecular complexity index is 754. The van der Waals surface area contributed by atoms with Gasteiger partial charge in [-0.1, -0.05) is 32.0 Å². The Hall–Kier alpha value is -1.32. The molecule has 0 spiro atoms. The number of guanidine groups is 1. The molecule has 1 aromatic carbocycles. The predicted octanol–water partition coefficient (Wildman–Crippen LogP) is 3.24. The van der Waals surface area contributed by atoms with Gasteiger partial charge in [0.15, 0.2) is 5.96 Å². The molecule has 1 atom stereocenters. The lowest BCUT2D eigenvalue weighted by Gasteiger charge is -2.35. The minimum Gasteiger partial charge on any atom is -0.379 e. The van der Waals surface area contributed by atoms with Crippen LogP contribution in [0.25, 0.3) is 10.9 Å². The number of rotatable bonds is 8. The summed E-state index contributed by atoms with van der Waals surface area (Å²) in [4.78, 5) is 10.3. The van der Waals surface area contributed by atoms with E-state index in [4.69, 9.17) is 4.74 Å². The quantitative estimate of drug-likeness (QED) is 0.288. The van der Waals surface area contributed by atoms with Crippen molar-refractivity contribution in [3.8, 4) is 0 Å². The summed E-state index contributed by atoms with van der Waals surface area (Å²) in [6.45, 7) is 10.1. The molecular formula is C22H36IN5O. The third-order valence-corrected chi connectivity index (χ3v) is 5.40. The van der Waals surface area contributed by atoms with Crippen LogP contribution in [-0.2, 0) is 11.2 Å². The summed E-state index contributed by atoms with van der Waals surface area (Å²) in [5, 5.41) is 8.31. The van der Waals surface area contributed by atoms with E-state index in [1.807, 2.05) is 7.05 Å². The van der Waals surface area contributed by atoms with E-state index in [1.54, 1.807) is 0 Å². The van der Waals surface area contributed by atoms with E-state index < -0.39 is 0 Å². The average Bonchev–Trinajstić information content (AvgIpc) is 3.13. The number of nitrogens with zero attached hydrogens (tertiary/aromatic N) is 2. The van der Waals surface area contributed by atoms with Crippen molar-refractivity contribution in [3.05, 3.63) is 36.0 Å². The minimum absolute atomic E-state index is 0. The summed E-state index contributed by atoms with van der Waals surface area (Å²) in [7, 11) is 1.84. The number of para-hydroxylation sites is 1. The lowest BCUT2D eigenvalue weighted by atomic mass is 10.0. The zero-order valence-corrected chi connectivity index (χ0v) is 20.2. The van der Waals surface area contributed by atoms with Crippen molar-refractivity contribution < 1.29 is 4.74 Å². The Balaban J connectivity index is 0.00000300. The van der Waals surface area contributed by atoms with Gasteiger partial charge < -0.3 is 20.4 Å². The number of aromatic nitrogens is 1. The van der Waals surface area contributed by atoms with E-state index >= 15 is 0 Å². The highest BCUT2D eigenvalue weighted by atomic mass is 127. The fourth-order valence-corrected chi connectivity index (χ4v) is 3.94. The highest BCUT2D eigenvalue weighted by molar-refractivity contribution is 14.0. The highest BCUT2D eigenvalue weighted by Gasteiger charge is 2.22. The molecule has 1 unspecified atom stereocenters. The van der Waals surface area contributed by atoms with Gasteiger partial charge in [-0.15, -0.1) is 24.0 Å². The fourth-order valence-electron chi connectivity index (χ4n) is 3.94. The van der Waals surface area contributed by atoms with Crippen LogP contribution in [0.1, 0.15) is 25.8 Å². The van der Waals surface area contributed by atoms with Gasteiger partial charge in [0, 0.05) is 56.4 Å². The molecule has 6 nitrogen and oxygen atoms in total. The molecule has 2 aromatic rings. The molecule has 29 heavy (non-hydrogen) atoms. The van der Waals surface area contributed by atoms with Gasteiger partial charge in [0.2, 0.25) is 0 Å². The zero-order chi connectivity index (χ0) is 19.8. The molecule has 0 amide bonds. The summed E-state index contributed by atoms with van der Waals surface area (Å²) in [6, 6.07) is 8.96. The van der Waals surface area contributed by atoms with E-state index in [2.05, 4.69) is 69.8 Å². The molecule has 3 rings (SSSR count). The van der Waals surface area contributed by atoms with Gasteiger partial charge in [0.25, 0.3) is 0 Å². The molecule has 162 valence electrons. The number of morpholine rings is 1. The maximum absolute atomic E-state index is 5.52. The van der Waals surface area contributed by atoms with Crippen LogP contribution in [0.2, 0.25) is 0 Å². The van der Waals surface area contributed by atoms with Gasteiger partial charge in [0.05, 0.1) is 13.2 Å². The van der Waals surface area contributed by atoms with Crippen LogP contribution in [0.5, 0.6) is 0 Å². The second-order valence-electron chi connectivity index (χ2n) is 7.92. The number of hydrogen-bond donors (Lipinski definition) is 3. The number of aliphatic imine (C=N–C) groups is 1. The standard InChI is InChI=1S/C22H35N5O.HI/c1-17(2)14-19(27-10-12-28-13-11-27)16-26-22(23-3)24-9-8-18-15-25-21-7-5-4-6-20(18)21;/h4-7,15,17,19,25H,8-14,16H2,1-3H3,(H2,23,24,26);1H. The Morgan fingerprint density at radius 1 is 1.21 bits per heavy atom. The van der Waals surface area contributed by atoms with Gasteiger partial charge in [-0.2, -0.15) is 0 Å². The number of nitrogens with one attached hydrogen (secondary N) is 3. The maximum Gasteiger partial charge on any atom is 0.191 e. The maximum atomic E-state index is 5.52. The van der Waals surface area contributed by atoms with Crippen molar-refractivity contribution in [2.75, 3.05) is 46.4 Å². The van der Waals surface area contributed by atoms with Crippen molar-refractivity contribution in [3.63, 3.8) is 0 Å². The first-order valence-electron chi connectivity index (χ1n) is 10.5. The first-order chi connectivity index (χ1) is 13.7. The SMILES string of the molecule is CN=C(NCCc1c[nH]c2ccccc12)NCC(CC(C)C)N1CCOCC1.I. The average molecular weight is 513 g/mol. The molecule has 1 saturated heterocycles. The van der Waals surface area contributed by atoms with Crippen LogP contribution in [0.4, 0.5) is 0 Å². The van der Waals surface area contributed by atoms with E-state index in [9.17, 15) is 0 Å². The molecule has 7 heteroatoms. The molecule has 0 aliphatic carbocycles. The monoisotopic (exact) mass is 513 g/mol. The fraction of sp³-hybridized carbons (Fsp3) is 0.591. The minimum atomic E-state index is 0. The molecular weight excluding hydrogens is 477 g/mol. The van der Waals surface area contributed by atoms with Crippen LogP contribution in [0.3, 0.4) is 0 Å². The number of fused-ring (bicyclic) bond motifs is 1. The van der Waals surface area contributed by atoms with E-state index in [0.717, 1.165) is 51.8 Å². The topological polar surface area (TPSA) is 64.7 Å². The summed E-state index contributed by atoms with van der Waals surface area (Å²) >= 11 is 0. The largest absolute Gasteiger partial charge is 0.379 e. The number of benzene rings is 1. The summed E-state index contributed by atoms with van der Waals surface area (Å²) in [5.74, 6) is 1.55. The zero-order valence-electron chi connectivity index (χ0n) is 17.9. The van der Waals surface area contributed by atoms with E-state index in [-0.39, 0.29) is 24.0 Å². The highest BCUT2D eigenvalue weighted by Crippen LogP contribution is 2.17. The van der Waals surface area contributed by atoms with E-state index in [1.165, 1.54) is 22.9 Å². The first-order valence-corrected chi connectivity index (χ1v) is 10.5. The molecule has 1 fully saturated rings. The molecule has 1 aliphatic heterocycles. The lowest BCUT2D eigenvalue weighted by molar-refractivity contribution is 0.0132. The Labute approximate surface area is 191 Å². The third-order valence-electron chi connectivity index (χ3n) is 5.40. The number of ether oxygens (including phenoxy) is 1. The number of halogens is 1. The predicted molar refractivity (Wildman–Crippen MR) is 132 cm³/mol. The third kappa shape index (κ3) is 7.15. The summed E-state index contributed by atoms with van der Waals surface area (Å²) in [6.07, 6.45) is 4.25. The first kappa shape index (κ1) is 24.0. The molecule has 1 aromatic heterocycles. The van der Waals surface area contributed by atoms with Crippen LogP contribution >= 0.6 is 24.0 Å². The molecule has 0 saturated carbocycles. The number of hydrogen-bond acceptors (Lipinski definition) is 3. The second kappa shape index (κ2) is 12.4. The second-order valence-corrected chi connectivity index (χ2v) is 7.92. The molecule has 0 bridgehead atoms. The molecule has 3 N–H and O–H groups in total. The van der Waals surface area contributed by atoms with Crippen molar-refractivity contribution in [1.29, 1.82) is 0 Å². The van der Waals surface area contributed by atoms with Crippen molar-refractivity contribution in [2.24, 2.45) is 10.9 Å². The van der Waals surface area contributed by atoms with E-state index in [0.29, 0.717) is 12.0 Å². The van der Waals surface area contributed by atoms with Crippen LogP contribution < -0.4 is 10.6 Å².